The highest BCUT2D eigenvalue weighted by Gasteiger charge is 2.17. The van der Waals surface area contributed by atoms with E-state index in [4.69, 9.17) is 27.9 Å². The number of ether oxygens (including phenoxy) is 1. The summed E-state index contributed by atoms with van der Waals surface area (Å²) in [5.41, 5.74) is 0.504. The molecular formula is C13H14Cl2N2O3S. The van der Waals surface area contributed by atoms with Crippen LogP contribution in [0.3, 0.4) is 0 Å². The summed E-state index contributed by atoms with van der Waals surface area (Å²) in [6, 6.07) is 3.17. The average molecular weight is 349 g/mol. The molecular weight excluding hydrogens is 335 g/mol. The van der Waals surface area contributed by atoms with Gasteiger partial charge < -0.3 is 4.74 Å². The van der Waals surface area contributed by atoms with Gasteiger partial charge in [0.15, 0.2) is 11.6 Å². The summed E-state index contributed by atoms with van der Waals surface area (Å²) < 4.78 is 29.9. The smallest absolute Gasteiger partial charge is 0.237 e. The minimum atomic E-state index is -3.45. The summed E-state index contributed by atoms with van der Waals surface area (Å²) >= 11 is 12.3. The number of halogens is 2. The fourth-order valence-electron chi connectivity index (χ4n) is 1.79. The lowest BCUT2D eigenvalue weighted by molar-refractivity contribution is 0.318. The van der Waals surface area contributed by atoms with Gasteiger partial charge in [0.05, 0.1) is 22.9 Å². The van der Waals surface area contributed by atoms with Gasteiger partial charge in [-0.25, -0.2) is 17.4 Å². The first kappa shape index (κ1) is 16.1. The Bertz CT molecular complexity index is 734. The van der Waals surface area contributed by atoms with Crippen molar-refractivity contribution in [3.05, 3.63) is 34.6 Å². The first-order chi connectivity index (χ1) is 9.84. The van der Waals surface area contributed by atoms with Crippen molar-refractivity contribution < 1.29 is 13.2 Å². The topological polar surface area (TPSA) is 61.2 Å². The van der Waals surface area contributed by atoms with Crippen LogP contribution in [-0.2, 0) is 10.0 Å². The zero-order valence-electron chi connectivity index (χ0n) is 11.5. The van der Waals surface area contributed by atoms with E-state index in [-0.39, 0.29) is 5.82 Å². The van der Waals surface area contributed by atoms with E-state index in [9.17, 15) is 8.42 Å². The summed E-state index contributed by atoms with van der Waals surface area (Å²) in [6.07, 6.45) is 4.70. The molecule has 2 rings (SSSR count). The molecule has 0 bridgehead atoms. The lowest BCUT2D eigenvalue weighted by Gasteiger charge is -2.11. The molecule has 5 nitrogen and oxygen atoms in total. The van der Waals surface area contributed by atoms with E-state index < -0.39 is 10.0 Å². The SMILES string of the molecule is CCCOc1c(Cl)cc(-c2nccn2S(C)(=O)=O)cc1Cl. The molecule has 0 aliphatic rings. The highest BCUT2D eigenvalue weighted by molar-refractivity contribution is 7.89. The number of hydrogen-bond donors (Lipinski definition) is 0. The monoisotopic (exact) mass is 348 g/mol. The molecule has 0 aliphatic carbocycles. The Labute approximate surface area is 133 Å². The molecule has 0 N–H and O–H groups in total. The van der Waals surface area contributed by atoms with Crippen molar-refractivity contribution in [3.63, 3.8) is 0 Å². The van der Waals surface area contributed by atoms with E-state index in [0.29, 0.717) is 28.0 Å². The van der Waals surface area contributed by atoms with Gasteiger partial charge in [-0.05, 0) is 18.6 Å². The Hall–Kier alpha value is -1.24. The van der Waals surface area contributed by atoms with E-state index in [0.717, 1.165) is 16.6 Å². The van der Waals surface area contributed by atoms with Gasteiger partial charge in [0.2, 0.25) is 10.0 Å². The maximum atomic E-state index is 11.7. The Morgan fingerprint density at radius 2 is 1.90 bits per heavy atom. The van der Waals surface area contributed by atoms with Crippen LogP contribution in [-0.4, -0.2) is 30.2 Å². The van der Waals surface area contributed by atoms with Crippen LogP contribution in [0.2, 0.25) is 10.0 Å². The minimum Gasteiger partial charge on any atom is -0.490 e. The molecule has 0 radical (unpaired) electrons. The van der Waals surface area contributed by atoms with E-state index in [1.807, 2.05) is 6.92 Å². The lowest BCUT2D eigenvalue weighted by Crippen LogP contribution is -2.10. The Balaban J connectivity index is 2.50. The fraction of sp³-hybridized carbons (Fsp3) is 0.308. The van der Waals surface area contributed by atoms with Gasteiger partial charge in [0, 0.05) is 18.0 Å². The van der Waals surface area contributed by atoms with Crippen LogP contribution in [0.5, 0.6) is 5.75 Å². The molecule has 8 heteroatoms. The van der Waals surface area contributed by atoms with Gasteiger partial charge in [0.1, 0.15) is 0 Å². The van der Waals surface area contributed by atoms with Gasteiger partial charge >= 0.3 is 0 Å². The van der Waals surface area contributed by atoms with Crippen LogP contribution in [0.4, 0.5) is 0 Å². The third-order valence-electron chi connectivity index (χ3n) is 2.67. The maximum absolute atomic E-state index is 11.7. The van der Waals surface area contributed by atoms with Crippen molar-refractivity contribution in [2.45, 2.75) is 13.3 Å². The van der Waals surface area contributed by atoms with Crippen LogP contribution in [0, 0.1) is 0 Å². The van der Waals surface area contributed by atoms with Crippen molar-refractivity contribution in [3.8, 4) is 17.1 Å². The highest BCUT2D eigenvalue weighted by Crippen LogP contribution is 2.37. The molecule has 0 fully saturated rings. The molecule has 21 heavy (non-hydrogen) atoms. The molecule has 0 saturated heterocycles. The summed E-state index contributed by atoms with van der Waals surface area (Å²) in [5, 5.41) is 0.628. The summed E-state index contributed by atoms with van der Waals surface area (Å²) in [7, 11) is -3.45. The second-order valence-electron chi connectivity index (χ2n) is 4.43. The lowest BCUT2D eigenvalue weighted by atomic mass is 10.2. The second kappa shape index (κ2) is 6.25. The standard InChI is InChI=1S/C13H14Cl2N2O3S/c1-3-6-20-12-10(14)7-9(8-11(12)15)13-16-4-5-17(13)21(2,18)19/h4-5,7-8H,3,6H2,1-2H3. The molecule has 1 aromatic carbocycles. The van der Waals surface area contributed by atoms with Crippen molar-refractivity contribution in [2.24, 2.45) is 0 Å². The van der Waals surface area contributed by atoms with E-state index in [2.05, 4.69) is 4.98 Å². The van der Waals surface area contributed by atoms with Crippen LogP contribution in [0.15, 0.2) is 24.5 Å². The molecule has 2 aromatic rings. The van der Waals surface area contributed by atoms with E-state index in [1.54, 1.807) is 12.1 Å². The fourth-order valence-corrected chi connectivity index (χ4v) is 3.13. The zero-order chi connectivity index (χ0) is 15.6. The van der Waals surface area contributed by atoms with Gasteiger partial charge in [-0.15, -0.1) is 0 Å². The molecule has 114 valence electrons. The second-order valence-corrected chi connectivity index (χ2v) is 7.10. The Morgan fingerprint density at radius 1 is 1.29 bits per heavy atom. The molecule has 0 aliphatic heterocycles. The average Bonchev–Trinajstić information content (AvgIpc) is 2.86. The quantitative estimate of drug-likeness (QED) is 0.830. The minimum absolute atomic E-state index is 0.253. The van der Waals surface area contributed by atoms with Gasteiger partial charge in [-0.3, -0.25) is 0 Å². The predicted molar refractivity (Wildman–Crippen MR) is 83.7 cm³/mol. The first-order valence-electron chi connectivity index (χ1n) is 6.20. The Kier molecular flexibility index (Phi) is 4.81. The van der Waals surface area contributed by atoms with Gasteiger partial charge in [-0.2, -0.15) is 0 Å². The predicted octanol–water partition coefficient (Wildman–Crippen LogP) is 3.45. The summed E-state index contributed by atoms with van der Waals surface area (Å²) in [5.74, 6) is 0.643. The van der Waals surface area contributed by atoms with Gasteiger partial charge in [0.25, 0.3) is 0 Å². The molecule has 0 unspecified atom stereocenters. The van der Waals surface area contributed by atoms with Crippen molar-refractivity contribution in [1.82, 2.24) is 8.96 Å². The maximum Gasteiger partial charge on any atom is 0.237 e. The number of rotatable bonds is 5. The van der Waals surface area contributed by atoms with E-state index in [1.165, 1.54) is 12.4 Å². The highest BCUT2D eigenvalue weighted by atomic mass is 35.5. The van der Waals surface area contributed by atoms with Crippen molar-refractivity contribution >= 4 is 33.2 Å². The number of aromatic nitrogens is 2. The zero-order valence-corrected chi connectivity index (χ0v) is 13.8. The molecule has 0 atom stereocenters. The molecule has 0 amide bonds. The van der Waals surface area contributed by atoms with Crippen LogP contribution < -0.4 is 4.74 Å². The number of imidazole rings is 1. The molecule has 1 aromatic heterocycles. The molecule has 0 saturated carbocycles. The number of benzene rings is 1. The van der Waals surface area contributed by atoms with Gasteiger partial charge in [-0.1, -0.05) is 30.1 Å². The number of hydrogen-bond acceptors (Lipinski definition) is 4. The summed E-state index contributed by atoms with van der Waals surface area (Å²) in [6.45, 7) is 2.47. The molecule has 0 spiro atoms. The molecule has 1 heterocycles. The normalized spacial score (nSPS) is 11.6. The third-order valence-corrected chi connectivity index (χ3v) is 4.24. The van der Waals surface area contributed by atoms with E-state index >= 15 is 0 Å². The van der Waals surface area contributed by atoms with Crippen molar-refractivity contribution in [2.75, 3.05) is 12.9 Å². The number of nitrogens with zero attached hydrogens (tertiary/aromatic N) is 2. The summed E-state index contributed by atoms with van der Waals surface area (Å²) in [4.78, 5) is 4.05. The van der Waals surface area contributed by atoms with Crippen LogP contribution in [0.1, 0.15) is 13.3 Å². The third kappa shape index (κ3) is 3.51. The van der Waals surface area contributed by atoms with Crippen LogP contribution in [0.25, 0.3) is 11.4 Å². The largest absolute Gasteiger partial charge is 0.490 e. The Morgan fingerprint density at radius 3 is 2.43 bits per heavy atom. The van der Waals surface area contributed by atoms with Crippen molar-refractivity contribution in [1.29, 1.82) is 0 Å². The van der Waals surface area contributed by atoms with Crippen LogP contribution >= 0.6 is 23.2 Å². The first-order valence-corrected chi connectivity index (χ1v) is 8.81.